The minimum atomic E-state index is -4.66. The Morgan fingerprint density at radius 2 is 0.688 bits per heavy atom. The van der Waals surface area contributed by atoms with Crippen molar-refractivity contribution < 1.29 is 79.9 Å². The molecule has 0 fully saturated rings. The van der Waals surface area contributed by atoms with Crippen molar-refractivity contribution >= 4 is 81.9 Å². The van der Waals surface area contributed by atoms with E-state index >= 15 is 0 Å². The molecule has 0 spiro atoms. The number of nitrogens with one attached hydrogen (secondary N) is 7. The first-order valence-electron chi connectivity index (χ1n) is 37.1. The van der Waals surface area contributed by atoms with Crippen LogP contribution in [0.15, 0.2) is 214 Å². The average Bonchev–Trinajstić information content (AvgIpc) is 1.64. The summed E-state index contributed by atoms with van der Waals surface area (Å²) in [5.41, 5.74) is 9.73. The van der Waals surface area contributed by atoms with Gasteiger partial charge in [-0.05, 0) is 133 Å². The number of likely N-dealkylation sites (N-methyl/N-ethyl adjacent to an activating group) is 3. The van der Waals surface area contributed by atoms with E-state index in [9.17, 15) is 46.7 Å². The van der Waals surface area contributed by atoms with Crippen molar-refractivity contribution in [3.63, 3.8) is 0 Å². The molecule has 0 bridgehead atoms. The molecule has 7 amide bonds. The number of methoxy groups -OCH3 is 1. The zero-order valence-electron chi connectivity index (χ0n) is 68.0. The topological polar surface area (TPSA) is 469 Å². The summed E-state index contributed by atoms with van der Waals surface area (Å²) in [6.07, 6.45) is 6.33. The molecular weight excluding hydrogens is 1690 g/mol. The Kier molecular flexibility index (Phi) is 37.1. The average molecular weight is 1780 g/mol. The fourth-order valence-corrected chi connectivity index (χ4v) is 10.5. The summed E-state index contributed by atoms with van der Waals surface area (Å²) in [7, 11) is 6.00. The van der Waals surface area contributed by atoms with E-state index in [-0.39, 0.29) is 85.2 Å². The van der Waals surface area contributed by atoms with Crippen LogP contribution >= 0.6 is 11.6 Å². The van der Waals surface area contributed by atoms with Crippen molar-refractivity contribution in [2.45, 2.75) is 115 Å². The maximum absolute atomic E-state index is 13.1. The molecule has 13 rings (SSSR count). The lowest BCUT2D eigenvalue weighted by Gasteiger charge is -2.19. The number of ether oxygens (including phenoxy) is 7. The number of rotatable bonds is 24. The van der Waals surface area contributed by atoms with Gasteiger partial charge in [-0.2, -0.15) is 33.6 Å². The Bertz CT molecular complexity index is 5720. The number of anilines is 5. The lowest BCUT2D eigenvalue weighted by atomic mass is 10.2. The highest BCUT2D eigenvalue weighted by Crippen LogP contribution is 2.37. The molecule has 8 heterocycles. The molecular formula is C86H98ClF3N24O14. The molecule has 0 aliphatic carbocycles. The largest absolute Gasteiger partial charge is 0.468 e. The molecule has 674 valence electrons. The Morgan fingerprint density at radius 1 is 0.383 bits per heavy atom. The first-order valence-corrected chi connectivity index (χ1v) is 37.5. The Labute approximate surface area is 739 Å². The zero-order chi connectivity index (χ0) is 89.1. The molecule has 9 N–H and O–H groups in total. The van der Waals surface area contributed by atoms with Crippen molar-refractivity contribution in [1.29, 1.82) is 0 Å². The van der Waals surface area contributed by atoms with Crippen LogP contribution in [0.1, 0.15) is 76.8 Å². The van der Waals surface area contributed by atoms with E-state index in [1.54, 1.807) is 220 Å². The lowest BCUT2D eigenvalue weighted by Crippen LogP contribution is -2.27. The minimum Gasteiger partial charge on any atom is -0.468 e. The normalized spacial score (nSPS) is 10.5. The highest BCUT2D eigenvalue weighted by Gasteiger charge is 2.34. The van der Waals surface area contributed by atoms with Crippen LogP contribution in [0, 0.1) is 0 Å². The zero-order valence-corrected chi connectivity index (χ0v) is 68.8. The first kappa shape index (κ1) is 101. The molecule has 13 aromatic rings. The number of hydrogen-bond donors (Lipinski definition) is 8. The van der Waals surface area contributed by atoms with Gasteiger partial charge in [-0.3, -0.25) is 48.5 Å². The Balaban J connectivity index is 0.000000263. The monoisotopic (exact) mass is 1780 g/mol. The maximum atomic E-state index is 13.1. The van der Waals surface area contributed by atoms with E-state index < -0.39 is 52.2 Å². The van der Waals surface area contributed by atoms with Gasteiger partial charge in [0.1, 0.15) is 108 Å². The Hall–Kier alpha value is -16.0. The van der Waals surface area contributed by atoms with Gasteiger partial charge in [0.05, 0.1) is 40.5 Å². The van der Waals surface area contributed by atoms with Crippen LogP contribution in [0.5, 0.6) is 46.5 Å². The van der Waals surface area contributed by atoms with Gasteiger partial charge in [0.2, 0.25) is 41.2 Å². The minimum absolute atomic E-state index is 0. The number of carbonyl (C=O) groups is 7. The quantitative estimate of drug-likeness (QED) is 0.0158. The molecule has 0 unspecified atom stereocenters. The molecule has 0 atom stereocenters. The van der Waals surface area contributed by atoms with Crippen LogP contribution in [0.4, 0.5) is 56.0 Å². The molecule has 128 heavy (non-hydrogen) atoms. The molecule has 5 aromatic carbocycles. The van der Waals surface area contributed by atoms with Crippen molar-refractivity contribution in [1.82, 2.24) is 94.9 Å². The molecule has 42 heteroatoms. The number of benzene rings is 5. The van der Waals surface area contributed by atoms with E-state index in [4.69, 9.17) is 45.8 Å². The summed E-state index contributed by atoms with van der Waals surface area (Å²) >= 11 is 5.61. The number of nitrogen functional groups attached to an aromatic ring is 1. The number of hydrogen-bond acceptors (Lipinski definition) is 27. The fourth-order valence-electron chi connectivity index (χ4n) is 10.3. The first-order chi connectivity index (χ1) is 59.2. The molecule has 0 saturated carbocycles. The summed E-state index contributed by atoms with van der Waals surface area (Å²) in [5, 5.41) is 34.6. The summed E-state index contributed by atoms with van der Waals surface area (Å²) in [6.45, 7) is 11.1. The van der Waals surface area contributed by atoms with E-state index in [2.05, 4.69) is 102 Å². The summed E-state index contributed by atoms with van der Waals surface area (Å²) in [6, 6.07) is 42.8. The van der Waals surface area contributed by atoms with Crippen LogP contribution in [-0.2, 0) is 65.7 Å². The lowest BCUT2D eigenvalue weighted by molar-refractivity contribution is -0.141. The number of nitrogens with zero attached hydrogens (tertiary/aromatic N) is 16. The Morgan fingerprint density at radius 3 is 0.992 bits per heavy atom. The van der Waals surface area contributed by atoms with Gasteiger partial charge in [0.15, 0.2) is 0 Å². The molecule has 0 radical (unpaired) electrons. The SMILES string of the molecule is C.C.C.C.CNC(=O)Cn1ccc(-c2cc(Oc3cccc(N)c3)ncn2)n1.CNC(=O)Cn1ccc(-c2cc(Oc3cccc(NC(=O)Nc4ccc(Cl)c(C(F)(F)F)c4)c3)ncn2)n1.CNC(=O)Cn1ccc(-c2cc(Oc3cccc(NC(=O)OC(C)(C)C)c3)ncn2)n1.COC(=O)Cn1ccc(-c2cc(Oc3cccc(NC(=O)OC(C)(C)C)c3)ncn2)n1. The van der Waals surface area contributed by atoms with Gasteiger partial charge < -0.3 is 65.5 Å². The molecule has 8 aromatic heterocycles. The fraction of sp³-hybridized carbons (Fsp3) is 0.244. The summed E-state index contributed by atoms with van der Waals surface area (Å²) in [4.78, 5) is 115. The van der Waals surface area contributed by atoms with Crippen LogP contribution in [-0.4, -0.2) is 160 Å². The molecule has 0 saturated heterocycles. The molecule has 0 aliphatic heterocycles. The smallest absolute Gasteiger partial charge is 0.417 e. The van der Waals surface area contributed by atoms with Gasteiger partial charge in [0.25, 0.3) is 0 Å². The predicted octanol–water partition coefficient (Wildman–Crippen LogP) is 16.1. The second kappa shape index (κ2) is 47.0. The molecule has 0 aliphatic rings. The third-order valence-electron chi connectivity index (χ3n) is 15.8. The predicted molar refractivity (Wildman–Crippen MR) is 473 cm³/mol. The number of nitrogens with two attached hydrogens (primary N) is 1. The second-order valence-corrected chi connectivity index (χ2v) is 28.2. The van der Waals surface area contributed by atoms with Crippen molar-refractivity contribution in [2.24, 2.45) is 0 Å². The van der Waals surface area contributed by atoms with Gasteiger partial charge in [0, 0.05) is 123 Å². The van der Waals surface area contributed by atoms with Gasteiger partial charge >= 0.3 is 30.4 Å². The number of halogens is 4. The van der Waals surface area contributed by atoms with Crippen LogP contribution < -0.4 is 61.9 Å². The number of esters is 1. The number of aromatic nitrogens is 16. The maximum Gasteiger partial charge on any atom is 0.417 e. The van der Waals surface area contributed by atoms with Crippen molar-refractivity contribution in [2.75, 3.05) is 55.3 Å². The van der Waals surface area contributed by atoms with Crippen molar-refractivity contribution in [3.8, 4) is 92.1 Å². The van der Waals surface area contributed by atoms with E-state index in [1.807, 2.05) is 0 Å². The van der Waals surface area contributed by atoms with Crippen LogP contribution in [0.2, 0.25) is 5.02 Å². The van der Waals surface area contributed by atoms with Crippen LogP contribution in [0.3, 0.4) is 0 Å². The van der Waals surface area contributed by atoms with Gasteiger partial charge in [-0.25, -0.2) is 54.3 Å². The number of alkyl halides is 3. The number of urea groups is 1. The number of carbonyl (C=O) groups excluding carboxylic acids is 7. The highest BCUT2D eigenvalue weighted by atomic mass is 35.5. The van der Waals surface area contributed by atoms with E-state index in [1.165, 1.54) is 70.3 Å². The van der Waals surface area contributed by atoms with Gasteiger partial charge in [-0.1, -0.05) is 65.6 Å². The van der Waals surface area contributed by atoms with Crippen LogP contribution in [0.25, 0.3) is 45.6 Å². The second-order valence-electron chi connectivity index (χ2n) is 27.7. The standard InChI is InChI=1S/C24H19ClF3N7O3.C21H24N6O4.C21H23N5O5.C16H16N6O2.4CH4/c1-29-21(36)12-35-8-7-19(34-35)20-11-22(31-13-30-20)38-16-4-2-3-14(9-16)32-23(37)33-15-5-6-18(25)17(10-15)24(26,27)28;1-21(2,3)31-20(29)25-14-6-5-7-15(10-14)30-19-11-17(23-13-24-19)16-8-9-27(26-16)12-18(28)22-4;1-21(2,3)31-20(28)24-14-6-5-7-15(10-14)30-18-11-17(22-13-23-18)16-8-9-26(25-16)12-19(27)29-4;1-18-15(23)9-22-6-5-13(21-22)14-8-16(20-10-19-14)24-12-4-2-3-11(17)7-12;;;;/h2-11,13H,12H2,1H3,(H,29,36)(H2,32,33,37);5-11,13H,12H2,1-4H3,(H,22,28)(H,25,29);5-11,13H,12H2,1-4H3,(H,24,28);2-8,10H,9,17H2,1H3,(H,18,23);4*1H4. The number of amides is 7. The van der Waals surface area contributed by atoms with E-state index in [0.717, 1.165) is 12.1 Å². The summed E-state index contributed by atoms with van der Waals surface area (Å²) in [5.74, 6) is 2.14. The highest BCUT2D eigenvalue weighted by molar-refractivity contribution is 6.31. The third kappa shape index (κ3) is 32.4. The van der Waals surface area contributed by atoms with E-state index in [0.29, 0.717) is 109 Å². The summed E-state index contributed by atoms with van der Waals surface area (Å²) < 4.78 is 83.4. The van der Waals surface area contributed by atoms with Gasteiger partial charge in [-0.15, -0.1) is 0 Å². The third-order valence-corrected chi connectivity index (χ3v) is 16.1. The van der Waals surface area contributed by atoms with Crippen molar-refractivity contribution in [3.05, 3.63) is 224 Å². The molecule has 38 nitrogen and oxygen atoms in total.